The number of carbonyl (C=O) groups excluding carboxylic acids is 2. The molecule has 106 valence electrons. The Morgan fingerprint density at radius 1 is 1.11 bits per heavy atom. The lowest BCUT2D eigenvalue weighted by molar-refractivity contribution is -0.124. The van der Waals surface area contributed by atoms with Crippen LogP contribution in [-0.4, -0.2) is 31.4 Å². The SMILES string of the molecule is CC(=O)NCC(=O)CCOCCCCC(C)(C)C. The van der Waals surface area contributed by atoms with E-state index < -0.39 is 0 Å². The number of amides is 1. The van der Waals surface area contributed by atoms with E-state index in [2.05, 4.69) is 26.1 Å². The molecule has 0 heterocycles. The molecule has 0 spiro atoms. The van der Waals surface area contributed by atoms with Crippen molar-refractivity contribution in [2.24, 2.45) is 5.41 Å². The van der Waals surface area contributed by atoms with Gasteiger partial charge < -0.3 is 10.1 Å². The summed E-state index contributed by atoms with van der Waals surface area (Å²) in [5.41, 5.74) is 0.383. The quantitative estimate of drug-likeness (QED) is 0.645. The molecule has 0 bridgehead atoms. The van der Waals surface area contributed by atoms with Crippen molar-refractivity contribution in [2.75, 3.05) is 19.8 Å². The Morgan fingerprint density at radius 3 is 2.33 bits per heavy atom. The summed E-state index contributed by atoms with van der Waals surface area (Å²) >= 11 is 0. The van der Waals surface area contributed by atoms with Crippen molar-refractivity contribution >= 4 is 11.7 Å². The smallest absolute Gasteiger partial charge is 0.217 e. The van der Waals surface area contributed by atoms with Crippen LogP contribution in [0.4, 0.5) is 0 Å². The lowest BCUT2D eigenvalue weighted by Gasteiger charge is -2.17. The molecular formula is C14H27NO3. The molecule has 4 heteroatoms. The number of carbonyl (C=O) groups is 2. The third-order valence-electron chi connectivity index (χ3n) is 2.53. The normalized spacial score (nSPS) is 11.3. The van der Waals surface area contributed by atoms with Gasteiger partial charge in [0.1, 0.15) is 0 Å². The Kier molecular flexibility index (Phi) is 8.63. The van der Waals surface area contributed by atoms with Crippen molar-refractivity contribution in [3.05, 3.63) is 0 Å². The predicted octanol–water partition coefficient (Wildman–Crippen LogP) is 2.31. The molecule has 0 radical (unpaired) electrons. The number of ketones is 1. The van der Waals surface area contributed by atoms with Gasteiger partial charge in [0.25, 0.3) is 0 Å². The highest BCUT2D eigenvalue weighted by atomic mass is 16.5. The minimum absolute atomic E-state index is 0.0138. The lowest BCUT2D eigenvalue weighted by Crippen LogP contribution is -2.27. The summed E-state index contributed by atoms with van der Waals surface area (Å²) in [7, 11) is 0. The standard InChI is InChI=1S/C14H27NO3/c1-12(16)15-11-13(17)7-10-18-9-6-5-8-14(2,3)4/h5-11H2,1-4H3,(H,15,16). The molecule has 0 saturated carbocycles. The van der Waals surface area contributed by atoms with Crippen molar-refractivity contribution in [2.45, 2.75) is 53.4 Å². The molecule has 0 saturated heterocycles. The van der Waals surface area contributed by atoms with Crippen LogP contribution < -0.4 is 5.32 Å². The van der Waals surface area contributed by atoms with Gasteiger partial charge in [-0.3, -0.25) is 9.59 Å². The number of hydrogen-bond donors (Lipinski definition) is 1. The molecule has 0 aromatic carbocycles. The van der Waals surface area contributed by atoms with Gasteiger partial charge in [0.05, 0.1) is 13.2 Å². The van der Waals surface area contributed by atoms with E-state index in [1.165, 1.54) is 13.3 Å². The molecule has 0 fully saturated rings. The number of nitrogens with one attached hydrogen (secondary N) is 1. The first-order valence-electron chi connectivity index (χ1n) is 6.65. The fourth-order valence-corrected chi connectivity index (χ4v) is 1.46. The Bertz CT molecular complexity index is 256. The lowest BCUT2D eigenvalue weighted by atomic mass is 9.90. The molecule has 0 unspecified atom stereocenters. The molecular weight excluding hydrogens is 230 g/mol. The highest BCUT2D eigenvalue weighted by Crippen LogP contribution is 2.21. The first-order valence-corrected chi connectivity index (χ1v) is 6.65. The second kappa shape index (κ2) is 9.09. The van der Waals surface area contributed by atoms with E-state index in [1.807, 2.05) is 0 Å². The van der Waals surface area contributed by atoms with Crippen molar-refractivity contribution in [3.8, 4) is 0 Å². The van der Waals surface area contributed by atoms with Crippen LogP contribution in [0.5, 0.6) is 0 Å². The van der Waals surface area contributed by atoms with Gasteiger partial charge in [-0.1, -0.05) is 27.2 Å². The average molecular weight is 257 g/mol. The Hall–Kier alpha value is -0.900. The maximum atomic E-state index is 11.3. The van der Waals surface area contributed by atoms with Crippen LogP contribution in [0, 0.1) is 5.41 Å². The highest BCUT2D eigenvalue weighted by molar-refractivity contribution is 5.85. The van der Waals surface area contributed by atoms with E-state index in [9.17, 15) is 9.59 Å². The van der Waals surface area contributed by atoms with Crippen molar-refractivity contribution in [1.82, 2.24) is 5.32 Å². The third-order valence-corrected chi connectivity index (χ3v) is 2.53. The number of ether oxygens (including phenoxy) is 1. The van der Waals surface area contributed by atoms with E-state index in [0.717, 1.165) is 12.8 Å². The maximum absolute atomic E-state index is 11.3. The molecule has 0 rings (SSSR count). The number of hydrogen-bond acceptors (Lipinski definition) is 3. The van der Waals surface area contributed by atoms with Crippen LogP contribution in [-0.2, 0) is 14.3 Å². The molecule has 0 aromatic heterocycles. The van der Waals surface area contributed by atoms with E-state index in [1.54, 1.807) is 0 Å². The topological polar surface area (TPSA) is 55.4 Å². The van der Waals surface area contributed by atoms with Gasteiger partial charge in [-0.25, -0.2) is 0 Å². The molecule has 0 aliphatic heterocycles. The summed E-state index contributed by atoms with van der Waals surface area (Å²) < 4.78 is 5.39. The zero-order valence-electron chi connectivity index (χ0n) is 12.2. The summed E-state index contributed by atoms with van der Waals surface area (Å²) in [4.78, 5) is 21.9. The van der Waals surface area contributed by atoms with E-state index in [-0.39, 0.29) is 18.2 Å². The monoisotopic (exact) mass is 257 g/mol. The highest BCUT2D eigenvalue weighted by Gasteiger charge is 2.08. The second-order valence-electron chi connectivity index (χ2n) is 5.83. The summed E-state index contributed by atoms with van der Waals surface area (Å²) in [5, 5.41) is 2.48. The minimum atomic E-state index is -0.175. The van der Waals surface area contributed by atoms with Crippen LogP contribution >= 0.6 is 0 Å². The van der Waals surface area contributed by atoms with E-state index >= 15 is 0 Å². The van der Waals surface area contributed by atoms with Crippen molar-refractivity contribution in [3.63, 3.8) is 0 Å². The van der Waals surface area contributed by atoms with Gasteiger partial charge in [0, 0.05) is 20.0 Å². The molecule has 4 nitrogen and oxygen atoms in total. The third kappa shape index (κ3) is 13.2. The fourth-order valence-electron chi connectivity index (χ4n) is 1.46. The molecule has 0 aromatic rings. The van der Waals surface area contributed by atoms with Crippen molar-refractivity contribution in [1.29, 1.82) is 0 Å². The van der Waals surface area contributed by atoms with E-state index in [0.29, 0.717) is 25.0 Å². The summed E-state index contributed by atoms with van der Waals surface area (Å²) in [6.07, 6.45) is 3.76. The van der Waals surface area contributed by atoms with Crippen molar-refractivity contribution < 1.29 is 14.3 Å². The molecule has 1 N–H and O–H groups in total. The first-order chi connectivity index (χ1) is 8.31. The largest absolute Gasteiger partial charge is 0.381 e. The van der Waals surface area contributed by atoms with Gasteiger partial charge in [0.15, 0.2) is 5.78 Å². The van der Waals surface area contributed by atoms with Gasteiger partial charge in [-0.2, -0.15) is 0 Å². The summed E-state index contributed by atoms with van der Waals surface area (Å²) in [5.74, 6) is -0.161. The molecule has 0 aliphatic rings. The minimum Gasteiger partial charge on any atom is -0.381 e. The first kappa shape index (κ1) is 17.1. The van der Waals surface area contributed by atoms with Gasteiger partial charge in [0.2, 0.25) is 5.91 Å². The Morgan fingerprint density at radius 2 is 1.78 bits per heavy atom. The van der Waals surface area contributed by atoms with E-state index in [4.69, 9.17) is 4.74 Å². The van der Waals surface area contributed by atoms with Gasteiger partial charge >= 0.3 is 0 Å². The zero-order valence-corrected chi connectivity index (χ0v) is 12.2. The molecule has 18 heavy (non-hydrogen) atoms. The summed E-state index contributed by atoms with van der Waals surface area (Å²) in [6, 6.07) is 0. The number of rotatable bonds is 9. The molecule has 0 atom stereocenters. The Labute approximate surface area is 110 Å². The van der Waals surface area contributed by atoms with Gasteiger partial charge in [-0.05, 0) is 18.3 Å². The Balaban J connectivity index is 3.30. The van der Waals surface area contributed by atoms with Crippen LogP contribution in [0.1, 0.15) is 53.4 Å². The average Bonchev–Trinajstić information content (AvgIpc) is 2.23. The maximum Gasteiger partial charge on any atom is 0.217 e. The van der Waals surface area contributed by atoms with Crippen LogP contribution in [0.2, 0.25) is 0 Å². The molecule has 0 aliphatic carbocycles. The predicted molar refractivity (Wildman–Crippen MR) is 72.4 cm³/mol. The summed E-state index contributed by atoms with van der Waals surface area (Å²) in [6.45, 7) is 9.37. The van der Waals surface area contributed by atoms with Crippen LogP contribution in [0.25, 0.3) is 0 Å². The zero-order chi connectivity index (χ0) is 14.0. The van der Waals surface area contributed by atoms with Crippen LogP contribution in [0.15, 0.2) is 0 Å². The number of unbranched alkanes of at least 4 members (excludes halogenated alkanes) is 1. The number of Topliss-reactive ketones (excluding diaryl/α,β-unsaturated/α-hetero) is 1. The fraction of sp³-hybridized carbons (Fsp3) is 0.857. The molecule has 1 amide bonds. The van der Waals surface area contributed by atoms with Gasteiger partial charge in [-0.15, -0.1) is 0 Å². The second-order valence-corrected chi connectivity index (χ2v) is 5.83. The van der Waals surface area contributed by atoms with Crippen LogP contribution in [0.3, 0.4) is 0 Å².